The summed E-state index contributed by atoms with van der Waals surface area (Å²) in [4.78, 5) is 18.4. The smallest absolute Gasteiger partial charge is 0.337 e. The largest absolute Gasteiger partial charge is 0.478 e. The predicted molar refractivity (Wildman–Crippen MR) is 77.5 cm³/mol. The van der Waals surface area contributed by atoms with Crippen LogP contribution in [0.4, 0.5) is 16.0 Å². The summed E-state index contributed by atoms with van der Waals surface area (Å²) in [6, 6.07) is 9.56. The van der Waals surface area contributed by atoms with Gasteiger partial charge in [0.05, 0.1) is 11.1 Å². The molecule has 2 aromatic carbocycles. The van der Waals surface area contributed by atoms with Gasteiger partial charge < -0.3 is 15.4 Å². The van der Waals surface area contributed by atoms with Gasteiger partial charge in [-0.1, -0.05) is 12.1 Å². The molecule has 0 saturated heterocycles. The summed E-state index contributed by atoms with van der Waals surface area (Å²) < 4.78 is 13.5. The topological polar surface area (TPSA) is 78.0 Å². The molecule has 0 aliphatic carbocycles. The number of carbonyl (C=O) groups is 1. The number of nitrogens with one attached hydrogen (secondary N) is 2. The number of carboxylic acid groups (broad SMARTS) is 1. The molecule has 0 saturated carbocycles. The highest BCUT2D eigenvalue weighted by molar-refractivity contribution is 6.01. The number of H-pyrrole nitrogens is 1. The number of aromatic nitrogens is 2. The molecule has 0 fully saturated rings. The van der Waals surface area contributed by atoms with E-state index in [4.69, 9.17) is 5.11 Å². The normalized spacial score (nSPS) is 10.8. The van der Waals surface area contributed by atoms with Gasteiger partial charge in [-0.15, -0.1) is 0 Å². The highest BCUT2D eigenvalue weighted by Crippen LogP contribution is 2.24. The first-order chi connectivity index (χ1) is 10.1. The first kappa shape index (κ1) is 13.1. The van der Waals surface area contributed by atoms with E-state index >= 15 is 0 Å². The Kier molecular flexibility index (Phi) is 3.06. The lowest BCUT2D eigenvalue weighted by Crippen LogP contribution is -1.98. The number of para-hydroxylation sites is 1. The van der Waals surface area contributed by atoms with Crippen molar-refractivity contribution in [3.8, 4) is 0 Å². The minimum atomic E-state index is -1.04. The van der Waals surface area contributed by atoms with Gasteiger partial charge >= 0.3 is 5.97 Å². The van der Waals surface area contributed by atoms with Crippen LogP contribution in [0.2, 0.25) is 0 Å². The summed E-state index contributed by atoms with van der Waals surface area (Å²) in [5.41, 5.74) is 2.13. The zero-order valence-electron chi connectivity index (χ0n) is 11.1. The number of fused-ring (bicyclic) bond motifs is 1. The van der Waals surface area contributed by atoms with Crippen molar-refractivity contribution in [2.75, 3.05) is 5.32 Å². The van der Waals surface area contributed by atoms with Crippen LogP contribution in [0.25, 0.3) is 11.0 Å². The first-order valence-electron chi connectivity index (χ1n) is 6.30. The van der Waals surface area contributed by atoms with Gasteiger partial charge in [0.25, 0.3) is 0 Å². The molecule has 3 rings (SSSR count). The number of nitrogens with zero attached hydrogens (tertiary/aromatic N) is 1. The monoisotopic (exact) mass is 285 g/mol. The number of hydrogen-bond donors (Lipinski definition) is 3. The SMILES string of the molecule is Cc1c(F)cccc1Nc1nc2c(C(=O)O)cccc2[nH]1. The van der Waals surface area contributed by atoms with E-state index < -0.39 is 5.97 Å². The van der Waals surface area contributed by atoms with Crippen LogP contribution in [0.1, 0.15) is 15.9 Å². The van der Waals surface area contributed by atoms with Gasteiger partial charge in [0, 0.05) is 11.3 Å². The molecule has 3 aromatic rings. The number of anilines is 2. The van der Waals surface area contributed by atoms with Crippen LogP contribution in [0.3, 0.4) is 0 Å². The van der Waals surface area contributed by atoms with E-state index in [9.17, 15) is 9.18 Å². The van der Waals surface area contributed by atoms with Gasteiger partial charge in [-0.05, 0) is 31.2 Å². The lowest BCUT2D eigenvalue weighted by molar-refractivity contribution is 0.0699. The van der Waals surface area contributed by atoms with E-state index in [-0.39, 0.29) is 11.4 Å². The van der Waals surface area contributed by atoms with E-state index in [1.54, 1.807) is 31.2 Å². The van der Waals surface area contributed by atoms with Crippen molar-refractivity contribution in [1.82, 2.24) is 9.97 Å². The van der Waals surface area contributed by atoms with Crippen LogP contribution in [0.15, 0.2) is 36.4 Å². The van der Waals surface area contributed by atoms with Crippen LogP contribution in [-0.2, 0) is 0 Å². The molecule has 5 nitrogen and oxygen atoms in total. The van der Waals surface area contributed by atoms with Crippen molar-refractivity contribution in [3.63, 3.8) is 0 Å². The molecule has 0 radical (unpaired) electrons. The molecule has 0 bridgehead atoms. The van der Waals surface area contributed by atoms with Crippen LogP contribution in [0, 0.1) is 12.7 Å². The van der Waals surface area contributed by atoms with Gasteiger partial charge in [-0.25, -0.2) is 14.2 Å². The molecule has 0 amide bonds. The highest BCUT2D eigenvalue weighted by Gasteiger charge is 2.13. The van der Waals surface area contributed by atoms with Crippen molar-refractivity contribution in [3.05, 3.63) is 53.3 Å². The van der Waals surface area contributed by atoms with E-state index in [1.165, 1.54) is 12.1 Å². The molecule has 106 valence electrons. The number of aromatic carboxylic acids is 1. The summed E-state index contributed by atoms with van der Waals surface area (Å²) >= 11 is 0. The zero-order valence-corrected chi connectivity index (χ0v) is 11.1. The maximum atomic E-state index is 13.5. The lowest BCUT2D eigenvalue weighted by Gasteiger charge is -2.06. The summed E-state index contributed by atoms with van der Waals surface area (Å²) in [5, 5.41) is 12.1. The van der Waals surface area contributed by atoms with Gasteiger partial charge in [-0.3, -0.25) is 0 Å². The average Bonchev–Trinajstić information content (AvgIpc) is 2.85. The molecule has 0 unspecified atom stereocenters. The summed E-state index contributed by atoms with van der Waals surface area (Å²) in [5.74, 6) is -0.990. The molecule has 1 heterocycles. The fraction of sp³-hybridized carbons (Fsp3) is 0.0667. The van der Waals surface area contributed by atoms with Crippen LogP contribution in [0.5, 0.6) is 0 Å². The molecule has 0 aliphatic rings. The fourth-order valence-electron chi connectivity index (χ4n) is 2.13. The maximum Gasteiger partial charge on any atom is 0.337 e. The third-order valence-electron chi connectivity index (χ3n) is 3.26. The van der Waals surface area contributed by atoms with E-state index in [0.717, 1.165) is 0 Å². The second-order valence-electron chi connectivity index (χ2n) is 4.63. The molecule has 0 aliphatic heterocycles. The number of hydrogen-bond acceptors (Lipinski definition) is 3. The van der Waals surface area contributed by atoms with Gasteiger partial charge in [0.15, 0.2) is 0 Å². The Morgan fingerprint density at radius 3 is 2.81 bits per heavy atom. The molecule has 0 spiro atoms. The summed E-state index contributed by atoms with van der Waals surface area (Å²) in [7, 11) is 0. The van der Waals surface area contributed by atoms with Crippen LogP contribution < -0.4 is 5.32 Å². The minimum absolute atomic E-state index is 0.118. The summed E-state index contributed by atoms with van der Waals surface area (Å²) in [6.07, 6.45) is 0. The lowest BCUT2D eigenvalue weighted by atomic mass is 10.2. The highest BCUT2D eigenvalue weighted by atomic mass is 19.1. The van der Waals surface area contributed by atoms with E-state index in [1.807, 2.05) is 0 Å². The van der Waals surface area contributed by atoms with Gasteiger partial charge in [0.1, 0.15) is 11.3 Å². The van der Waals surface area contributed by atoms with Gasteiger partial charge in [-0.2, -0.15) is 0 Å². The van der Waals surface area contributed by atoms with E-state index in [0.29, 0.717) is 28.2 Å². The maximum absolute atomic E-state index is 13.5. The van der Waals surface area contributed by atoms with Crippen molar-refractivity contribution < 1.29 is 14.3 Å². The summed E-state index contributed by atoms with van der Waals surface area (Å²) in [6.45, 7) is 1.66. The number of rotatable bonds is 3. The number of imidazole rings is 1. The molecule has 1 aromatic heterocycles. The second-order valence-corrected chi connectivity index (χ2v) is 4.63. The Hall–Kier alpha value is -2.89. The second kappa shape index (κ2) is 4.90. The van der Waals surface area contributed by atoms with E-state index in [2.05, 4.69) is 15.3 Å². The third kappa shape index (κ3) is 2.31. The fourth-order valence-corrected chi connectivity index (χ4v) is 2.13. The number of aromatic amines is 1. The van der Waals surface area contributed by atoms with Crippen molar-refractivity contribution in [2.24, 2.45) is 0 Å². The van der Waals surface area contributed by atoms with Crippen molar-refractivity contribution in [2.45, 2.75) is 6.92 Å². The van der Waals surface area contributed by atoms with Crippen LogP contribution in [-0.4, -0.2) is 21.0 Å². The Morgan fingerprint density at radius 1 is 1.29 bits per heavy atom. The molecule has 6 heteroatoms. The quantitative estimate of drug-likeness (QED) is 0.688. The number of benzene rings is 2. The van der Waals surface area contributed by atoms with Crippen molar-refractivity contribution in [1.29, 1.82) is 0 Å². The predicted octanol–water partition coefficient (Wildman–Crippen LogP) is 3.45. The number of halogens is 1. The third-order valence-corrected chi connectivity index (χ3v) is 3.26. The molecule has 21 heavy (non-hydrogen) atoms. The van der Waals surface area contributed by atoms with Crippen molar-refractivity contribution >= 4 is 28.6 Å². The Bertz CT molecular complexity index is 842. The average molecular weight is 285 g/mol. The Labute approximate surface area is 119 Å². The Morgan fingerprint density at radius 2 is 2.05 bits per heavy atom. The molecular formula is C15H12FN3O2. The zero-order chi connectivity index (χ0) is 15.0. The van der Waals surface area contributed by atoms with Gasteiger partial charge in [0.2, 0.25) is 5.95 Å². The number of carboxylic acids is 1. The molecular weight excluding hydrogens is 273 g/mol. The molecule has 3 N–H and O–H groups in total. The minimum Gasteiger partial charge on any atom is -0.478 e. The standard InChI is InChI=1S/C15H12FN3O2/c1-8-10(16)5-3-6-11(8)17-15-18-12-7-2-4-9(14(20)21)13(12)19-15/h2-7H,1H3,(H,20,21)(H2,17,18,19). The Balaban J connectivity index is 2.04. The first-order valence-corrected chi connectivity index (χ1v) is 6.30. The van der Waals surface area contributed by atoms with Crippen LogP contribution >= 0.6 is 0 Å². The molecule has 0 atom stereocenters.